The molecule has 0 fully saturated rings. The highest BCUT2D eigenvalue weighted by molar-refractivity contribution is 7.91. The van der Waals surface area contributed by atoms with Gasteiger partial charge in [0.05, 0.1) is 24.9 Å². The van der Waals surface area contributed by atoms with Crippen LogP contribution in [0.3, 0.4) is 0 Å². The summed E-state index contributed by atoms with van der Waals surface area (Å²) in [5.41, 5.74) is 0. The molecule has 0 aliphatic rings. The predicted molar refractivity (Wildman–Crippen MR) is 78.4 cm³/mol. The summed E-state index contributed by atoms with van der Waals surface area (Å²) in [6, 6.07) is 8.69. The number of benzene rings is 2. The van der Waals surface area contributed by atoms with Gasteiger partial charge in [-0.15, -0.1) is 0 Å². The number of halogens is 4. The van der Waals surface area contributed by atoms with Crippen LogP contribution in [0.2, 0.25) is 20.1 Å². The van der Waals surface area contributed by atoms with E-state index in [-0.39, 0.29) is 29.9 Å². The molecular formula is C12H6Cl4O2S. The lowest BCUT2D eigenvalue weighted by atomic mass is 10.3. The topological polar surface area (TPSA) is 34.1 Å². The monoisotopic (exact) mass is 354 g/mol. The molecule has 0 amide bonds. The van der Waals surface area contributed by atoms with Gasteiger partial charge in [-0.2, -0.15) is 0 Å². The third-order valence-corrected chi connectivity index (χ3v) is 5.79. The van der Waals surface area contributed by atoms with Crippen LogP contribution in [0.15, 0.2) is 46.2 Å². The Bertz CT molecular complexity index is 741. The summed E-state index contributed by atoms with van der Waals surface area (Å²) in [6.45, 7) is 0. The normalized spacial score (nSPS) is 11.6. The number of rotatable bonds is 2. The van der Waals surface area contributed by atoms with E-state index >= 15 is 0 Å². The Morgan fingerprint density at radius 2 is 1.42 bits per heavy atom. The molecule has 0 saturated heterocycles. The van der Waals surface area contributed by atoms with Crippen molar-refractivity contribution < 1.29 is 8.42 Å². The number of hydrogen-bond acceptors (Lipinski definition) is 2. The van der Waals surface area contributed by atoms with Crippen molar-refractivity contribution in [3.63, 3.8) is 0 Å². The Balaban J connectivity index is 2.75. The van der Waals surface area contributed by atoms with Gasteiger partial charge in [-0.05, 0) is 24.3 Å². The molecule has 19 heavy (non-hydrogen) atoms. The zero-order valence-electron chi connectivity index (χ0n) is 9.20. The minimum Gasteiger partial charge on any atom is -0.218 e. The van der Waals surface area contributed by atoms with Crippen LogP contribution in [-0.4, -0.2) is 8.42 Å². The summed E-state index contributed by atoms with van der Waals surface area (Å²) in [6.07, 6.45) is 0. The second kappa shape index (κ2) is 5.51. The van der Waals surface area contributed by atoms with E-state index in [2.05, 4.69) is 0 Å². The van der Waals surface area contributed by atoms with Crippen molar-refractivity contribution in [1.82, 2.24) is 0 Å². The van der Waals surface area contributed by atoms with Crippen LogP contribution in [0, 0.1) is 0 Å². The molecule has 0 radical (unpaired) electrons. The Labute approximate surface area is 130 Å². The molecule has 2 aromatic carbocycles. The molecule has 0 aliphatic carbocycles. The highest BCUT2D eigenvalue weighted by Gasteiger charge is 2.25. The summed E-state index contributed by atoms with van der Waals surface area (Å²) in [7, 11) is -3.88. The molecule has 0 spiro atoms. The van der Waals surface area contributed by atoms with Crippen molar-refractivity contribution in [2.75, 3.05) is 0 Å². The average Bonchev–Trinajstić information content (AvgIpc) is 2.34. The van der Waals surface area contributed by atoms with Crippen molar-refractivity contribution in [2.45, 2.75) is 9.79 Å². The van der Waals surface area contributed by atoms with Gasteiger partial charge in [-0.3, -0.25) is 0 Å². The Morgan fingerprint density at radius 3 is 2.05 bits per heavy atom. The molecule has 0 unspecified atom stereocenters. The zero-order chi connectivity index (χ0) is 14.2. The van der Waals surface area contributed by atoms with E-state index in [0.717, 1.165) is 0 Å². The molecule has 0 heterocycles. The average molecular weight is 356 g/mol. The van der Waals surface area contributed by atoms with E-state index in [0.29, 0.717) is 0 Å². The summed E-state index contributed by atoms with van der Waals surface area (Å²) in [4.78, 5) is -0.211. The predicted octanol–water partition coefficient (Wildman–Crippen LogP) is 5.13. The summed E-state index contributed by atoms with van der Waals surface area (Å²) < 4.78 is 25.0. The maximum Gasteiger partial charge on any atom is 0.209 e. The first-order chi connectivity index (χ1) is 8.84. The molecule has 0 atom stereocenters. The number of sulfone groups is 1. The minimum atomic E-state index is -3.88. The lowest BCUT2D eigenvalue weighted by Gasteiger charge is -2.09. The van der Waals surface area contributed by atoms with Crippen LogP contribution in [0.4, 0.5) is 0 Å². The van der Waals surface area contributed by atoms with E-state index in [4.69, 9.17) is 46.4 Å². The van der Waals surface area contributed by atoms with Gasteiger partial charge in [0.25, 0.3) is 0 Å². The standard InChI is InChI=1S/C12H6Cl4O2S/c13-7-5-9(15)12(16)11(6-7)19(17,18)10-4-2-1-3-8(10)14/h1-6H. The Kier molecular flexibility index (Phi) is 4.33. The van der Waals surface area contributed by atoms with Gasteiger partial charge in [-0.25, -0.2) is 8.42 Å². The highest BCUT2D eigenvalue weighted by Crippen LogP contribution is 2.37. The van der Waals surface area contributed by atoms with Crippen molar-refractivity contribution >= 4 is 56.2 Å². The first-order valence-corrected chi connectivity index (χ1v) is 7.97. The van der Waals surface area contributed by atoms with E-state index in [1.165, 1.54) is 24.3 Å². The van der Waals surface area contributed by atoms with E-state index in [9.17, 15) is 8.42 Å². The van der Waals surface area contributed by atoms with Crippen molar-refractivity contribution in [1.29, 1.82) is 0 Å². The molecule has 2 rings (SSSR count). The molecule has 2 nitrogen and oxygen atoms in total. The summed E-state index contributed by atoms with van der Waals surface area (Å²) >= 11 is 23.5. The molecule has 0 aromatic heterocycles. The van der Waals surface area contributed by atoms with Crippen LogP contribution in [0.25, 0.3) is 0 Å². The SMILES string of the molecule is O=S(=O)(c1ccccc1Cl)c1cc(Cl)cc(Cl)c1Cl. The van der Waals surface area contributed by atoms with Gasteiger partial charge in [0.2, 0.25) is 9.84 Å². The van der Waals surface area contributed by atoms with Gasteiger partial charge in [0.15, 0.2) is 0 Å². The van der Waals surface area contributed by atoms with Crippen molar-refractivity contribution in [3.8, 4) is 0 Å². The second-order valence-corrected chi connectivity index (χ2v) is 7.15. The molecule has 0 bridgehead atoms. The van der Waals surface area contributed by atoms with Gasteiger partial charge in [-0.1, -0.05) is 58.5 Å². The molecular weight excluding hydrogens is 350 g/mol. The second-order valence-electron chi connectivity index (χ2n) is 3.63. The van der Waals surface area contributed by atoms with Gasteiger partial charge >= 0.3 is 0 Å². The zero-order valence-corrected chi connectivity index (χ0v) is 13.0. The van der Waals surface area contributed by atoms with Gasteiger partial charge in [0, 0.05) is 5.02 Å². The smallest absolute Gasteiger partial charge is 0.209 e. The third-order valence-electron chi connectivity index (χ3n) is 2.38. The largest absolute Gasteiger partial charge is 0.218 e. The van der Waals surface area contributed by atoms with Crippen LogP contribution < -0.4 is 0 Å². The quantitative estimate of drug-likeness (QED) is 0.699. The molecule has 0 aliphatic heterocycles. The fraction of sp³-hybridized carbons (Fsp3) is 0. The minimum absolute atomic E-state index is 0.0445. The van der Waals surface area contributed by atoms with Gasteiger partial charge in [0.1, 0.15) is 0 Å². The van der Waals surface area contributed by atoms with Crippen LogP contribution in [0.5, 0.6) is 0 Å². The molecule has 0 N–H and O–H groups in total. The van der Waals surface area contributed by atoms with E-state index < -0.39 is 9.84 Å². The first kappa shape index (κ1) is 14.9. The Hall–Kier alpha value is -0.450. The van der Waals surface area contributed by atoms with Crippen molar-refractivity contribution in [3.05, 3.63) is 56.5 Å². The Morgan fingerprint density at radius 1 is 0.789 bits per heavy atom. The molecule has 0 saturated carbocycles. The fourth-order valence-corrected chi connectivity index (χ4v) is 4.42. The highest BCUT2D eigenvalue weighted by atomic mass is 35.5. The molecule has 2 aromatic rings. The third kappa shape index (κ3) is 2.86. The lowest BCUT2D eigenvalue weighted by molar-refractivity contribution is 0.596. The lowest BCUT2D eigenvalue weighted by Crippen LogP contribution is -2.04. The van der Waals surface area contributed by atoms with E-state index in [1.54, 1.807) is 12.1 Å². The van der Waals surface area contributed by atoms with Gasteiger partial charge < -0.3 is 0 Å². The summed E-state index contributed by atoms with van der Waals surface area (Å²) in [5, 5.41) is 0.278. The maximum atomic E-state index is 12.5. The number of hydrogen-bond donors (Lipinski definition) is 0. The van der Waals surface area contributed by atoms with Crippen LogP contribution in [0.1, 0.15) is 0 Å². The van der Waals surface area contributed by atoms with Crippen LogP contribution in [-0.2, 0) is 9.84 Å². The van der Waals surface area contributed by atoms with E-state index in [1.807, 2.05) is 0 Å². The summed E-state index contributed by atoms with van der Waals surface area (Å²) in [5.74, 6) is 0. The first-order valence-electron chi connectivity index (χ1n) is 4.98. The van der Waals surface area contributed by atoms with Crippen LogP contribution >= 0.6 is 46.4 Å². The molecule has 100 valence electrons. The van der Waals surface area contributed by atoms with Crippen molar-refractivity contribution in [2.24, 2.45) is 0 Å². The molecule has 7 heteroatoms. The fourth-order valence-electron chi connectivity index (χ4n) is 1.51. The maximum absolute atomic E-state index is 12.5.